The summed E-state index contributed by atoms with van der Waals surface area (Å²) < 4.78 is 14.6. The third-order valence-corrected chi connectivity index (χ3v) is 5.78. The van der Waals surface area contributed by atoms with Crippen LogP contribution in [0.3, 0.4) is 0 Å². The van der Waals surface area contributed by atoms with Gasteiger partial charge in [0.05, 0.1) is 17.8 Å². The number of aliphatic hydroxyl groups excluding tert-OH is 1. The molecule has 0 heterocycles. The smallest absolute Gasteiger partial charge is 0.333 e. The molecule has 0 fully saturated rings. The molecule has 4 atom stereocenters. The van der Waals surface area contributed by atoms with Crippen molar-refractivity contribution >= 4 is 35.6 Å². The van der Waals surface area contributed by atoms with Crippen LogP contribution in [0.1, 0.15) is 74.7 Å². The maximum Gasteiger partial charge on any atom is 0.333 e. The highest BCUT2D eigenvalue weighted by Crippen LogP contribution is 2.05. The van der Waals surface area contributed by atoms with Gasteiger partial charge in [0.25, 0.3) is 0 Å². The van der Waals surface area contributed by atoms with Crippen LogP contribution in [-0.4, -0.2) is 71.5 Å². The number of hydrogen-bond acceptors (Lipinski definition) is 9. The molecule has 0 amide bonds. The number of carboxylic acid groups (broad SMARTS) is 1. The minimum absolute atomic E-state index is 0.0524. The summed E-state index contributed by atoms with van der Waals surface area (Å²) in [5.41, 5.74) is 0.258. The van der Waals surface area contributed by atoms with Crippen LogP contribution in [0.4, 0.5) is 0 Å². The van der Waals surface area contributed by atoms with Crippen LogP contribution in [0.25, 0.3) is 0 Å². The van der Waals surface area contributed by atoms with Gasteiger partial charge in [-0.05, 0) is 31.9 Å². The van der Waals surface area contributed by atoms with Crippen molar-refractivity contribution in [1.29, 1.82) is 0 Å². The number of thioether (sulfide) groups is 1. The maximum atomic E-state index is 11.3. The number of aliphatic hydroxyl groups is 1. The Balaban J connectivity index is -0.000000497. The zero-order valence-electron chi connectivity index (χ0n) is 23.3. The lowest BCUT2D eigenvalue weighted by Gasteiger charge is -2.13. The number of ether oxygens (including phenoxy) is 3. The summed E-state index contributed by atoms with van der Waals surface area (Å²) in [6, 6.07) is 0. The van der Waals surface area contributed by atoms with Crippen molar-refractivity contribution in [1.82, 2.24) is 0 Å². The molecule has 0 aromatic carbocycles. The van der Waals surface area contributed by atoms with Gasteiger partial charge in [-0.1, -0.05) is 55.0 Å². The van der Waals surface area contributed by atoms with E-state index in [1.807, 2.05) is 27.7 Å². The van der Waals surface area contributed by atoms with E-state index in [1.165, 1.54) is 6.92 Å². The first-order valence-corrected chi connectivity index (χ1v) is 13.6. The Morgan fingerprint density at radius 1 is 0.806 bits per heavy atom. The summed E-state index contributed by atoms with van der Waals surface area (Å²) in [5.74, 6) is -0.0249. The molecule has 0 radical (unpaired) electrons. The van der Waals surface area contributed by atoms with Crippen molar-refractivity contribution in [3.63, 3.8) is 0 Å². The lowest BCUT2D eigenvalue weighted by Crippen LogP contribution is -2.27. The van der Waals surface area contributed by atoms with E-state index in [0.717, 1.165) is 24.3 Å². The summed E-state index contributed by atoms with van der Waals surface area (Å²) in [6.07, 6.45) is 1.25. The number of carbonyl (C=O) groups excluding carboxylic acids is 3. The molecule has 0 aliphatic carbocycles. The van der Waals surface area contributed by atoms with E-state index in [4.69, 9.17) is 19.3 Å². The number of rotatable bonds is 15. The van der Waals surface area contributed by atoms with E-state index in [-0.39, 0.29) is 48.5 Å². The fourth-order valence-electron chi connectivity index (χ4n) is 1.66. The summed E-state index contributed by atoms with van der Waals surface area (Å²) in [7, 11) is 0. The summed E-state index contributed by atoms with van der Waals surface area (Å²) >= 11 is 1.79. The second-order valence-corrected chi connectivity index (χ2v) is 9.69. The molecular formula is C26H48O9S. The summed E-state index contributed by atoms with van der Waals surface area (Å²) in [6.45, 7) is 18.2. The zero-order valence-corrected chi connectivity index (χ0v) is 24.2. The number of hydrogen-bond donors (Lipinski definition) is 2. The molecule has 0 spiro atoms. The lowest BCUT2D eigenvalue weighted by atomic mass is 10.1. The quantitative estimate of drug-likeness (QED) is 0.133. The normalized spacial score (nSPS) is 13.2. The number of esters is 3. The molecule has 0 saturated carbocycles. The van der Waals surface area contributed by atoms with Gasteiger partial charge in [-0.15, -0.1) is 0 Å². The van der Waals surface area contributed by atoms with E-state index in [9.17, 15) is 24.3 Å². The van der Waals surface area contributed by atoms with Gasteiger partial charge in [0.1, 0.15) is 25.9 Å². The van der Waals surface area contributed by atoms with Crippen LogP contribution in [0.2, 0.25) is 0 Å². The highest BCUT2D eigenvalue weighted by molar-refractivity contribution is 7.99. The Kier molecular flexibility index (Phi) is 26.3. The van der Waals surface area contributed by atoms with Crippen LogP contribution in [0.15, 0.2) is 12.2 Å². The van der Waals surface area contributed by atoms with Crippen molar-refractivity contribution in [3.8, 4) is 0 Å². The SMILES string of the molecule is C=C(C)C(=O)OCC(O)COC(=O)C(C)CC.CCC(C)C(=O)O.CCSCCOC(=O)C(C)CC. The molecule has 0 aliphatic heterocycles. The van der Waals surface area contributed by atoms with Crippen molar-refractivity contribution in [2.75, 3.05) is 31.3 Å². The Hall–Kier alpha value is -2.07. The third-order valence-electron chi connectivity index (χ3n) is 4.91. The molecular weight excluding hydrogens is 488 g/mol. The minimum atomic E-state index is -1.01. The van der Waals surface area contributed by atoms with E-state index < -0.39 is 18.0 Å². The first kappa shape index (κ1) is 38.5. The molecule has 36 heavy (non-hydrogen) atoms. The van der Waals surface area contributed by atoms with Gasteiger partial charge in [-0.25, -0.2) is 4.79 Å². The fraction of sp³-hybridized carbons (Fsp3) is 0.769. The highest BCUT2D eigenvalue weighted by atomic mass is 32.2. The molecule has 0 aliphatic rings. The zero-order chi connectivity index (χ0) is 28.7. The largest absolute Gasteiger partial charge is 0.481 e. The fourth-order valence-corrected chi connectivity index (χ4v) is 2.15. The molecule has 0 aromatic heterocycles. The predicted octanol–water partition coefficient (Wildman–Crippen LogP) is 4.50. The Morgan fingerprint density at radius 3 is 1.61 bits per heavy atom. The van der Waals surface area contributed by atoms with Crippen LogP contribution < -0.4 is 0 Å². The summed E-state index contributed by atoms with van der Waals surface area (Å²) in [5, 5.41) is 17.6. The number of carboxylic acids is 1. The van der Waals surface area contributed by atoms with Gasteiger partial charge in [0.15, 0.2) is 0 Å². The van der Waals surface area contributed by atoms with Gasteiger partial charge in [0.2, 0.25) is 0 Å². The van der Waals surface area contributed by atoms with Gasteiger partial charge < -0.3 is 24.4 Å². The predicted molar refractivity (Wildman–Crippen MR) is 143 cm³/mol. The number of aliphatic carboxylic acids is 1. The van der Waals surface area contributed by atoms with Crippen molar-refractivity contribution < 1.29 is 43.6 Å². The van der Waals surface area contributed by atoms with Crippen molar-refractivity contribution in [2.24, 2.45) is 17.8 Å². The molecule has 0 bridgehead atoms. The first-order chi connectivity index (χ1) is 16.8. The Bertz CT molecular complexity index is 637. The molecule has 4 unspecified atom stereocenters. The molecule has 212 valence electrons. The lowest BCUT2D eigenvalue weighted by molar-refractivity contribution is -0.154. The molecule has 2 N–H and O–H groups in total. The molecule has 9 nitrogen and oxygen atoms in total. The topological polar surface area (TPSA) is 136 Å². The first-order valence-electron chi connectivity index (χ1n) is 12.4. The average Bonchev–Trinajstić information content (AvgIpc) is 2.86. The van der Waals surface area contributed by atoms with Gasteiger partial charge >= 0.3 is 23.9 Å². The Labute approximate surface area is 221 Å². The molecule has 0 saturated heterocycles. The monoisotopic (exact) mass is 536 g/mol. The molecule has 10 heteroatoms. The standard InChI is InChI=1S/C12H20O5.C9H18O2S.C5H10O2/c1-5-9(4)12(15)17-7-10(13)6-16-11(14)8(2)3;1-4-8(3)9(10)11-6-7-12-5-2;1-3-4(2)5(6)7/h9-10,13H,2,5-7H2,1,3-4H3;8H,4-7H2,1-3H3;4H,3H2,1-2H3,(H,6,7). The van der Waals surface area contributed by atoms with Crippen molar-refractivity contribution in [3.05, 3.63) is 12.2 Å². The molecule has 0 aromatic rings. The second kappa shape index (κ2) is 24.6. The van der Waals surface area contributed by atoms with E-state index in [2.05, 4.69) is 13.5 Å². The maximum absolute atomic E-state index is 11.3. The van der Waals surface area contributed by atoms with E-state index in [0.29, 0.717) is 13.0 Å². The minimum Gasteiger partial charge on any atom is -0.481 e. The Morgan fingerprint density at radius 2 is 1.25 bits per heavy atom. The third kappa shape index (κ3) is 23.7. The van der Waals surface area contributed by atoms with Crippen molar-refractivity contribution in [2.45, 2.75) is 80.8 Å². The van der Waals surface area contributed by atoms with Gasteiger partial charge in [0, 0.05) is 11.3 Å². The molecule has 0 rings (SSSR count). The second-order valence-electron chi connectivity index (χ2n) is 8.29. The average molecular weight is 537 g/mol. The van der Waals surface area contributed by atoms with Gasteiger partial charge in [-0.3, -0.25) is 14.4 Å². The van der Waals surface area contributed by atoms with Crippen LogP contribution in [0.5, 0.6) is 0 Å². The highest BCUT2D eigenvalue weighted by Gasteiger charge is 2.15. The van der Waals surface area contributed by atoms with Crippen LogP contribution in [-0.2, 0) is 33.4 Å². The van der Waals surface area contributed by atoms with Crippen LogP contribution in [0, 0.1) is 17.8 Å². The van der Waals surface area contributed by atoms with Gasteiger partial charge in [-0.2, -0.15) is 11.8 Å². The number of carbonyl (C=O) groups is 4. The van der Waals surface area contributed by atoms with E-state index in [1.54, 1.807) is 25.6 Å². The summed E-state index contributed by atoms with van der Waals surface area (Å²) in [4.78, 5) is 43.3. The van der Waals surface area contributed by atoms with Crippen LogP contribution >= 0.6 is 11.8 Å². The van der Waals surface area contributed by atoms with E-state index >= 15 is 0 Å².